The number of benzene rings is 1. The monoisotopic (exact) mass is 255 g/mol. The van der Waals surface area contributed by atoms with Gasteiger partial charge in [-0.05, 0) is 12.1 Å². The Labute approximate surface area is 107 Å². The van der Waals surface area contributed by atoms with Gasteiger partial charge in [-0.3, -0.25) is 0 Å². The van der Waals surface area contributed by atoms with Crippen molar-refractivity contribution in [1.29, 1.82) is 0 Å². The molecule has 7 heteroatoms. The van der Waals surface area contributed by atoms with Crippen molar-refractivity contribution in [2.24, 2.45) is 0 Å². The van der Waals surface area contributed by atoms with Gasteiger partial charge in [-0.2, -0.15) is 5.10 Å². The molecule has 0 saturated carbocycles. The van der Waals surface area contributed by atoms with Gasteiger partial charge in [0.1, 0.15) is 0 Å². The van der Waals surface area contributed by atoms with Gasteiger partial charge in [0, 0.05) is 17.8 Å². The van der Waals surface area contributed by atoms with E-state index in [4.69, 9.17) is 10.8 Å². The molecule has 2 heterocycles. The van der Waals surface area contributed by atoms with E-state index >= 15 is 0 Å². The number of hydrogen-bond acceptors (Lipinski definition) is 5. The van der Waals surface area contributed by atoms with Gasteiger partial charge in [0.2, 0.25) is 0 Å². The number of carbonyl (C=O) groups is 1. The third-order valence-corrected chi connectivity index (χ3v) is 2.75. The fourth-order valence-electron chi connectivity index (χ4n) is 1.91. The molecular weight excluding hydrogens is 246 g/mol. The Morgan fingerprint density at radius 3 is 2.79 bits per heavy atom. The van der Waals surface area contributed by atoms with E-state index < -0.39 is 5.97 Å². The van der Waals surface area contributed by atoms with E-state index in [0.717, 1.165) is 0 Å². The summed E-state index contributed by atoms with van der Waals surface area (Å²) in [6, 6.07) is 4.93. The van der Waals surface area contributed by atoms with Crippen molar-refractivity contribution in [1.82, 2.24) is 19.7 Å². The maximum Gasteiger partial charge on any atom is 0.336 e. The normalized spacial score (nSPS) is 10.7. The van der Waals surface area contributed by atoms with Crippen molar-refractivity contribution >= 4 is 22.7 Å². The standard InChI is InChI=1S/C12H9N5O2/c13-10-11(15-5-4-14-10)17-9-3-1-2-7(12(18)19)8(9)6-16-17/h1-6H,(H2,13,14)(H,18,19). The molecule has 0 aliphatic rings. The first kappa shape index (κ1) is 11.1. The Kier molecular flexibility index (Phi) is 2.38. The summed E-state index contributed by atoms with van der Waals surface area (Å²) in [6.45, 7) is 0. The molecule has 0 aliphatic heterocycles. The molecule has 2 aromatic heterocycles. The Morgan fingerprint density at radius 2 is 2.05 bits per heavy atom. The first-order chi connectivity index (χ1) is 9.18. The first-order valence-electron chi connectivity index (χ1n) is 5.45. The zero-order valence-corrected chi connectivity index (χ0v) is 9.69. The maximum atomic E-state index is 11.1. The van der Waals surface area contributed by atoms with Crippen LogP contribution >= 0.6 is 0 Å². The number of carboxylic acid groups (broad SMARTS) is 1. The molecule has 0 fully saturated rings. The molecule has 3 aromatic rings. The molecule has 0 unspecified atom stereocenters. The Morgan fingerprint density at radius 1 is 1.26 bits per heavy atom. The lowest BCUT2D eigenvalue weighted by Gasteiger charge is -2.04. The van der Waals surface area contributed by atoms with Crippen molar-refractivity contribution in [3.63, 3.8) is 0 Å². The molecule has 0 bridgehead atoms. The minimum Gasteiger partial charge on any atom is -0.478 e. The summed E-state index contributed by atoms with van der Waals surface area (Å²) in [5.41, 5.74) is 6.55. The fraction of sp³-hybridized carbons (Fsp3) is 0. The van der Waals surface area contributed by atoms with E-state index in [1.165, 1.54) is 29.3 Å². The van der Waals surface area contributed by atoms with Crippen LogP contribution in [0.1, 0.15) is 10.4 Å². The number of aromatic carboxylic acids is 1. The lowest BCUT2D eigenvalue weighted by atomic mass is 10.1. The number of nitrogens with two attached hydrogens (primary N) is 1. The predicted octanol–water partition coefficient (Wildman–Crippen LogP) is 1.10. The summed E-state index contributed by atoms with van der Waals surface area (Å²) in [4.78, 5) is 19.2. The van der Waals surface area contributed by atoms with Crippen molar-refractivity contribution in [3.05, 3.63) is 42.4 Å². The topological polar surface area (TPSA) is 107 Å². The Bertz CT molecular complexity index is 781. The second kappa shape index (κ2) is 4.05. The molecule has 1 aromatic carbocycles. The third kappa shape index (κ3) is 1.68. The highest BCUT2D eigenvalue weighted by atomic mass is 16.4. The van der Waals surface area contributed by atoms with Crippen LogP contribution in [0.15, 0.2) is 36.8 Å². The molecular formula is C12H9N5O2. The minimum atomic E-state index is -1.00. The lowest BCUT2D eigenvalue weighted by molar-refractivity contribution is 0.0699. The number of hydrogen-bond donors (Lipinski definition) is 2. The molecule has 94 valence electrons. The van der Waals surface area contributed by atoms with Crippen LogP contribution in [0.5, 0.6) is 0 Å². The van der Waals surface area contributed by atoms with Crippen molar-refractivity contribution < 1.29 is 9.90 Å². The Hall–Kier alpha value is -2.96. The van der Waals surface area contributed by atoms with E-state index in [9.17, 15) is 4.79 Å². The van der Waals surface area contributed by atoms with Gasteiger partial charge in [0.05, 0.1) is 17.3 Å². The van der Waals surface area contributed by atoms with Gasteiger partial charge in [0.25, 0.3) is 0 Å². The first-order valence-corrected chi connectivity index (χ1v) is 5.45. The highest BCUT2D eigenvalue weighted by Gasteiger charge is 2.14. The molecule has 0 amide bonds. The molecule has 0 aliphatic carbocycles. The number of anilines is 1. The molecule has 19 heavy (non-hydrogen) atoms. The average Bonchev–Trinajstić information content (AvgIpc) is 2.82. The number of nitrogen functional groups attached to an aromatic ring is 1. The number of nitrogens with zero attached hydrogens (tertiary/aromatic N) is 4. The highest BCUT2D eigenvalue weighted by molar-refractivity contribution is 6.02. The zero-order valence-electron chi connectivity index (χ0n) is 9.69. The summed E-state index contributed by atoms with van der Waals surface area (Å²) in [5.74, 6) is -0.398. The number of fused-ring (bicyclic) bond motifs is 1. The van der Waals surface area contributed by atoms with Gasteiger partial charge >= 0.3 is 5.97 Å². The smallest absolute Gasteiger partial charge is 0.336 e. The van der Waals surface area contributed by atoms with Gasteiger partial charge in [-0.25, -0.2) is 19.4 Å². The van der Waals surface area contributed by atoms with Crippen LogP contribution in [0.2, 0.25) is 0 Å². The predicted molar refractivity (Wildman–Crippen MR) is 68.0 cm³/mol. The number of aromatic nitrogens is 4. The van der Waals surface area contributed by atoms with Crippen LogP contribution in [0.3, 0.4) is 0 Å². The fourth-order valence-corrected chi connectivity index (χ4v) is 1.91. The van der Waals surface area contributed by atoms with Gasteiger partial charge in [0.15, 0.2) is 11.6 Å². The second-order valence-electron chi connectivity index (χ2n) is 3.87. The number of carboxylic acids is 1. The summed E-state index contributed by atoms with van der Waals surface area (Å²) >= 11 is 0. The quantitative estimate of drug-likeness (QED) is 0.710. The van der Waals surface area contributed by atoms with E-state index in [-0.39, 0.29) is 11.4 Å². The maximum absolute atomic E-state index is 11.1. The van der Waals surface area contributed by atoms with Crippen molar-refractivity contribution in [2.75, 3.05) is 5.73 Å². The van der Waals surface area contributed by atoms with E-state index in [0.29, 0.717) is 16.7 Å². The van der Waals surface area contributed by atoms with Gasteiger partial charge in [-0.15, -0.1) is 0 Å². The second-order valence-corrected chi connectivity index (χ2v) is 3.87. The number of rotatable bonds is 2. The average molecular weight is 255 g/mol. The molecule has 3 N–H and O–H groups in total. The van der Waals surface area contributed by atoms with Crippen LogP contribution < -0.4 is 5.73 Å². The molecule has 0 saturated heterocycles. The summed E-state index contributed by atoms with van der Waals surface area (Å²) in [5, 5.41) is 13.8. The van der Waals surface area contributed by atoms with Crippen LogP contribution in [0.4, 0.5) is 5.82 Å². The van der Waals surface area contributed by atoms with Gasteiger partial charge < -0.3 is 10.8 Å². The van der Waals surface area contributed by atoms with Crippen molar-refractivity contribution in [2.45, 2.75) is 0 Å². The molecule has 0 spiro atoms. The molecule has 3 rings (SSSR count). The van der Waals surface area contributed by atoms with Crippen LogP contribution in [0.25, 0.3) is 16.7 Å². The molecule has 7 nitrogen and oxygen atoms in total. The van der Waals surface area contributed by atoms with Gasteiger partial charge in [-0.1, -0.05) is 6.07 Å². The third-order valence-electron chi connectivity index (χ3n) is 2.75. The Balaban J connectivity index is 2.31. The van der Waals surface area contributed by atoms with E-state index in [1.807, 2.05) is 0 Å². The summed E-state index contributed by atoms with van der Waals surface area (Å²) < 4.78 is 1.48. The summed E-state index contributed by atoms with van der Waals surface area (Å²) in [7, 11) is 0. The summed E-state index contributed by atoms with van der Waals surface area (Å²) in [6.07, 6.45) is 4.46. The zero-order chi connectivity index (χ0) is 13.4. The van der Waals surface area contributed by atoms with Crippen LogP contribution in [0, 0.1) is 0 Å². The van der Waals surface area contributed by atoms with E-state index in [2.05, 4.69) is 15.1 Å². The largest absolute Gasteiger partial charge is 0.478 e. The lowest BCUT2D eigenvalue weighted by Crippen LogP contribution is -2.05. The highest BCUT2D eigenvalue weighted by Crippen LogP contribution is 2.22. The molecule has 0 radical (unpaired) electrons. The van der Waals surface area contributed by atoms with Crippen LogP contribution in [-0.2, 0) is 0 Å². The minimum absolute atomic E-state index is 0.186. The van der Waals surface area contributed by atoms with E-state index in [1.54, 1.807) is 12.1 Å². The van der Waals surface area contributed by atoms with Crippen LogP contribution in [-0.4, -0.2) is 30.8 Å². The molecule has 0 atom stereocenters. The SMILES string of the molecule is Nc1nccnc1-n1ncc2c(C(=O)O)cccc21. The van der Waals surface area contributed by atoms with Crippen molar-refractivity contribution in [3.8, 4) is 5.82 Å².